The molecule has 0 saturated heterocycles. The number of hydrogen-bond donors (Lipinski definition) is 2. The van der Waals surface area contributed by atoms with Gasteiger partial charge in [0.1, 0.15) is 0 Å². The van der Waals surface area contributed by atoms with Crippen LogP contribution in [0.3, 0.4) is 0 Å². The lowest BCUT2D eigenvalue weighted by Gasteiger charge is -2.19. The molecule has 1 unspecified atom stereocenters. The summed E-state index contributed by atoms with van der Waals surface area (Å²) in [6.45, 7) is 3.85. The van der Waals surface area contributed by atoms with Crippen molar-refractivity contribution in [3.8, 4) is 0 Å². The van der Waals surface area contributed by atoms with Crippen molar-refractivity contribution in [1.29, 1.82) is 0 Å². The first kappa shape index (κ1) is 8.56. The van der Waals surface area contributed by atoms with Gasteiger partial charge in [0.2, 0.25) is 0 Å². The number of nitrogens with one attached hydrogen (secondary N) is 1. The predicted molar refractivity (Wildman–Crippen MR) is 56.3 cm³/mol. The standard InChI is InChI=1S/C9H13N3S/c1-6-2-8(13-5-6)7-3-11-9(10)12-4-7/h2,5,7H,3-4H2,1H3,(H3,10,11,12). The predicted octanol–water partition coefficient (Wildman–Crippen LogP) is 1.06. The van der Waals surface area contributed by atoms with Gasteiger partial charge in [-0.3, -0.25) is 4.99 Å². The first-order chi connectivity index (χ1) is 6.25. The number of nitrogens with two attached hydrogens (primary N) is 1. The van der Waals surface area contributed by atoms with Gasteiger partial charge in [0.15, 0.2) is 5.96 Å². The molecule has 0 amide bonds. The second-order valence-corrected chi connectivity index (χ2v) is 4.27. The van der Waals surface area contributed by atoms with Crippen LogP contribution in [-0.2, 0) is 0 Å². The summed E-state index contributed by atoms with van der Waals surface area (Å²) in [4.78, 5) is 5.59. The van der Waals surface area contributed by atoms with E-state index in [4.69, 9.17) is 5.73 Å². The van der Waals surface area contributed by atoms with Crippen LogP contribution in [0.2, 0.25) is 0 Å². The fraction of sp³-hybridized carbons (Fsp3) is 0.444. The second kappa shape index (κ2) is 3.38. The van der Waals surface area contributed by atoms with Crippen LogP contribution < -0.4 is 11.1 Å². The summed E-state index contributed by atoms with van der Waals surface area (Å²) in [5.74, 6) is 1.08. The fourth-order valence-electron chi connectivity index (χ4n) is 1.41. The average molecular weight is 195 g/mol. The van der Waals surface area contributed by atoms with E-state index < -0.39 is 0 Å². The van der Waals surface area contributed by atoms with Crippen LogP contribution in [0.4, 0.5) is 0 Å². The molecule has 4 heteroatoms. The molecule has 1 aliphatic heterocycles. The zero-order chi connectivity index (χ0) is 9.26. The topological polar surface area (TPSA) is 50.4 Å². The van der Waals surface area contributed by atoms with Gasteiger partial charge < -0.3 is 11.1 Å². The highest BCUT2D eigenvalue weighted by atomic mass is 32.1. The van der Waals surface area contributed by atoms with E-state index in [2.05, 4.69) is 28.7 Å². The largest absolute Gasteiger partial charge is 0.370 e. The molecule has 13 heavy (non-hydrogen) atoms. The van der Waals surface area contributed by atoms with Crippen molar-refractivity contribution in [2.45, 2.75) is 12.8 Å². The van der Waals surface area contributed by atoms with E-state index in [0.29, 0.717) is 11.9 Å². The Morgan fingerprint density at radius 2 is 2.54 bits per heavy atom. The Morgan fingerprint density at radius 1 is 1.69 bits per heavy atom. The van der Waals surface area contributed by atoms with Crippen LogP contribution in [0.15, 0.2) is 16.4 Å². The first-order valence-electron chi connectivity index (χ1n) is 4.34. The SMILES string of the molecule is Cc1csc(C2CN=C(N)NC2)c1. The van der Waals surface area contributed by atoms with Gasteiger partial charge in [-0.25, -0.2) is 0 Å². The van der Waals surface area contributed by atoms with E-state index in [0.717, 1.165) is 13.1 Å². The monoisotopic (exact) mass is 195 g/mol. The van der Waals surface area contributed by atoms with Crippen molar-refractivity contribution in [2.24, 2.45) is 10.7 Å². The molecule has 0 fully saturated rings. The van der Waals surface area contributed by atoms with Crippen LogP contribution in [0.25, 0.3) is 0 Å². The molecule has 0 aliphatic carbocycles. The quantitative estimate of drug-likeness (QED) is 0.704. The van der Waals surface area contributed by atoms with E-state index in [1.54, 1.807) is 0 Å². The van der Waals surface area contributed by atoms with Gasteiger partial charge >= 0.3 is 0 Å². The van der Waals surface area contributed by atoms with E-state index in [1.165, 1.54) is 10.4 Å². The van der Waals surface area contributed by atoms with Gasteiger partial charge in [-0.05, 0) is 23.9 Å². The van der Waals surface area contributed by atoms with Crippen LogP contribution in [0, 0.1) is 6.92 Å². The molecule has 2 heterocycles. The Bertz CT molecular complexity index is 329. The minimum absolute atomic E-state index is 0.506. The smallest absolute Gasteiger partial charge is 0.188 e. The number of aryl methyl sites for hydroxylation is 1. The van der Waals surface area contributed by atoms with Crippen molar-refractivity contribution >= 4 is 17.3 Å². The van der Waals surface area contributed by atoms with Crippen LogP contribution >= 0.6 is 11.3 Å². The molecule has 1 aromatic rings. The summed E-state index contributed by atoms with van der Waals surface area (Å²) in [7, 11) is 0. The Labute approximate surface area is 81.7 Å². The zero-order valence-electron chi connectivity index (χ0n) is 7.58. The molecule has 2 rings (SSSR count). The molecule has 3 N–H and O–H groups in total. The van der Waals surface area contributed by atoms with Gasteiger partial charge in [0.05, 0.1) is 6.54 Å². The summed E-state index contributed by atoms with van der Waals surface area (Å²) in [5, 5.41) is 5.25. The maximum atomic E-state index is 5.52. The molecule has 0 radical (unpaired) electrons. The summed E-state index contributed by atoms with van der Waals surface area (Å²) < 4.78 is 0. The van der Waals surface area contributed by atoms with Crippen LogP contribution in [0.1, 0.15) is 16.4 Å². The van der Waals surface area contributed by atoms with Crippen molar-refractivity contribution in [3.63, 3.8) is 0 Å². The summed E-state index contributed by atoms with van der Waals surface area (Å²) in [5.41, 5.74) is 6.86. The fourth-order valence-corrected chi connectivity index (χ4v) is 2.41. The van der Waals surface area contributed by atoms with E-state index in [-0.39, 0.29) is 0 Å². The number of aliphatic imine (C=N–C) groups is 1. The highest BCUT2D eigenvalue weighted by molar-refractivity contribution is 7.10. The Balaban J connectivity index is 2.11. The number of thiophene rings is 1. The molecule has 0 aromatic carbocycles. The molecule has 0 spiro atoms. The van der Waals surface area contributed by atoms with Crippen molar-refractivity contribution in [3.05, 3.63) is 21.9 Å². The lowest BCUT2D eigenvalue weighted by atomic mass is 10.1. The zero-order valence-corrected chi connectivity index (χ0v) is 8.40. The number of guanidine groups is 1. The third kappa shape index (κ3) is 1.83. The minimum atomic E-state index is 0.506. The van der Waals surface area contributed by atoms with Gasteiger partial charge in [-0.2, -0.15) is 0 Å². The normalized spacial score (nSPS) is 22.2. The van der Waals surface area contributed by atoms with Gasteiger partial charge in [0.25, 0.3) is 0 Å². The highest BCUT2D eigenvalue weighted by Crippen LogP contribution is 2.24. The third-order valence-electron chi connectivity index (χ3n) is 2.16. The van der Waals surface area contributed by atoms with Gasteiger partial charge in [-0.15, -0.1) is 11.3 Å². The molecule has 1 atom stereocenters. The van der Waals surface area contributed by atoms with Crippen molar-refractivity contribution < 1.29 is 0 Å². The van der Waals surface area contributed by atoms with E-state index in [1.807, 2.05) is 11.3 Å². The molecular formula is C9H13N3S. The molecule has 3 nitrogen and oxygen atoms in total. The van der Waals surface area contributed by atoms with Gasteiger partial charge in [0, 0.05) is 17.3 Å². The molecule has 1 aromatic heterocycles. The molecule has 0 bridgehead atoms. The summed E-state index contributed by atoms with van der Waals surface area (Å²) in [6.07, 6.45) is 0. The number of rotatable bonds is 1. The maximum Gasteiger partial charge on any atom is 0.188 e. The lowest BCUT2D eigenvalue weighted by Crippen LogP contribution is -2.39. The van der Waals surface area contributed by atoms with Crippen molar-refractivity contribution in [2.75, 3.05) is 13.1 Å². The van der Waals surface area contributed by atoms with Gasteiger partial charge in [-0.1, -0.05) is 0 Å². The molecule has 1 aliphatic rings. The van der Waals surface area contributed by atoms with Crippen molar-refractivity contribution in [1.82, 2.24) is 5.32 Å². The highest BCUT2D eigenvalue weighted by Gasteiger charge is 2.16. The molecule has 0 saturated carbocycles. The number of hydrogen-bond acceptors (Lipinski definition) is 4. The molecule has 70 valence electrons. The maximum absolute atomic E-state index is 5.52. The lowest BCUT2D eigenvalue weighted by molar-refractivity contribution is 0.644. The van der Waals surface area contributed by atoms with Crippen LogP contribution in [-0.4, -0.2) is 19.0 Å². The Morgan fingerprint density at radius 3 is 3.08 bits per heavy atom. The minimum Gasteiger partial charge on any atom is -0.370 e. The Hall–Kier alpha value is -1.03. The Kier molecular flexibility index (Phi) is 2.22. The van der Waals surface area contributed by atoms with Crippen LogP contribution in [0.5, 0.6) is 0 Å². The number of nitrogens with zero attached hydrogens (tertiary/aromatic N) is 1. The average Bonchev–Trinajstić information content (AvgIpc) is 2.53. The first-order valence-corrected chi connectivity index (χ1v) is 5.22. The summed E-state index contributed by atoms with van der Waals surface area (Å²) >= 11 is 1.81. The van der Waals surface area contributed by atoms with E-state index >= 15 is 0 Å². The summed E-state index contributed by atoms with van der Waals surface area (Å²) in [6, 6.07) is 2.23. The molecular weight excluding hydrogens is 182 g/mol. The van der Waals surface area contributed by atoms with E-state index in [9.17, 15) is 0 Å². The third-order valence-corrected chi connectivity index (χ3v) is 3.38. The second-order valence-electron chi connectivity index (χ2n) is 3.33.